The van der Waals surface area contributed by atoms with E-state index in [0.29, 0.717) is 0 Å². The van der Waals surface area contributed by atoms with Gasteiger partial charge < -0.3 is 5.11 Å². The number of aromatic nitrogens is 3. The van der Waals surface area contributed by atoms with Crippen LogP contribution in [-0.2, 0) is 0 Å². The minimum Gasteiger partial charge on any atom is -0.448 e. The normalized spacial score (nSPS) is 8.89. The van der Waals surface area contributed by atoms with Crippen molar-refractivity contribution in [2.75, 3.05) is 0 Å². The Balaban J connectivity index is 2.58. The molecule has 0 atom stereocenters. The van der Waals surface area contributed by atoms with Gasteiger partial charge in [-0.2, -0.15) is 0 Å². The van der Waals surface area contributed by atoms with E-state index >= 15 is 0 Å². The molecule has 1 N–H and O–H groups in total. The molecule has 48 valence electrons. The summed E-state index contributed by atoms with van der Waals surface area (Å²) in [6.45, 7) is 0. The lowest BCUT2D eigenvalue weighted by molar-refractivity contribution is 0.0677. The molecule has 0 saturated heterocycles. The molecule has 0 amide bonds. The predicted octanol–water partition coefficient (Wildman–Crippen LogP) is -0.615. The molecular weight excluding hydrogens is 126 g/mol. The van der Waals surface area contributed by atoms with Crippen molar-refractivity contribution in [2.45, 2.75) is 0 Å². The van der Waals surface area contributed by atoms with Gasteiger partial charge in [-0.1, -0.05) is 4.85 Å². The maximum atomic E-state index is 9.76. The Morgan fingerprint density at radius 1 is 1.78 bits per heavy atom. The van der Waals surface area contributed by atoms with Gasteiger partial charge in [-0.3, -0.25) is 4.84 Å². The molecular formula is C3H3N3O3. The molecule has 6 nitrogen and oxygen atoms in total. The van der Waals surface area contributed by atoms with Gasteiger partial charge in [0, 0.05) is 0 Å². The lowest BCUT2D eigenvalue weighted by Crippen LogP contribution is -2.17. The molecule has 0 unspecified atom stereocenters. The molecule has 1 heterocycles. The molecule has 0 saturated carbocycles. The highest BCUT2D eigenvalue weighted by Crippen LogP contribution is 1.72. The van der Waals surface area contributed by atoms with Gasteiger partial charge in [-0.15, -0.1) is 5.10 Å². The van der Waals surface area contributed by atoms with E-state index in [-0.39, 0.29) is 0 Å². The molecule has 6 heteroatoms. The second-order valence-electron chi connectivity index (χ2n) is 1.16. The zero-order valence-electron chi connectivity index (χ0n) is 4.26. The molecule has 0 aromatic carbocycles. The van der Waals surface area contributed by atoms with Gasteiger partial charge in [0.15, 0.2) is 6.33 Å². The van der Waals surface area contributed by atoms with Gasteiger partial charge >= 0.3 is 6.16 Å². The van der Waals surface area contributed by atoms with E-state index in [1.54, 1.807) is 0 Å². The fourth-order valence-electron chi connectivity index (χ4n) is 0.325. The van der Waals surface area contributed by atoms with E-state index in [0.717, 1.165) is 11.2 Å². The van der Waals surface area contributed by atoms with Crippen molar-refractivity contribution in [1.29, 1.82) is 0 Å². The summed E-state index contributed by atoms with van der Waals surface area (Å²) in [4.78, 5) is 17.9. The van der Waals surface area contributed by atoms with Crippen LogP contribution in [0, 0.1) is 0 Å². The summed E-state index contributed by atoms with van der Waals surface area (Å²) in [5.74, 6) is 0. The third kappa shape index (κ3) is 1.41. The van der Waals surface area contributed by atoms with Crippen LogP contribution in [-0.4, -0.2) is 26.2 Å². The standard InChI is InChI=1S/C3H3N3O3/c7-3(8)9-6-2-4-1-5-6/h1-2H,(H,7,8). The van der Waals surface area contributed by atoms with Crippen LogP contribution in [0.3, 0.4) is 0 Å². The Morgan fingerprint density at radius 2 is 2.56 bits per heavy atom. The second-order valence-corrected chi connectivity index (χ2v) is 1.16. The van der Waals surface area contributed by atoms with Crippen LogP contribution in [0.4, 0.5) is 4.79 Å². The number of carbonyl (C=O) groups is 1. The van der Waals surface area contributed by atoms with Gasteiger partial charge in [0.2, 0.25) is 0 Å². The summed E-state index contributed by atoms with van der Waals surface area (Å²) in [6, 6.07) is 0. The molecule has 0 aliphatic heterocycles. The number of hydrogen-bond donors (Lipinski definition) is 1. The van der Waals surface area contributed by atoms with E-state index in [1.165, 1.54) is 6.33 Å². The zero-order chi connectivity index (χ0) is 6.69. The highest BCUT2D eigenvalue weighted by molar-refractivity contribution is 5.56. The van der Waals surface area contributed by atoms with Crippen LogP contribution in [0.1, 0.15) is 0 Å². The lowest BCUT2D eigenvalue weighted by atomic mass is 11.3. The third-order valence-electron chi connectivity index (χ3n) is 0.569. The molecule has 1 aromatic heterocycles. The van der Waals surface area contributed by atoms with Crippen molar-refractivity contribution in [3.63, 3.8) is 0 Å². The quantitative estimate of drug-likeness (QED) is 0.547. The SMILES string of the molecule is O=C(O)On1cncn1. The van der Waals surface area contributed by atoms with Crippen LogP contribution >= 0.6 is 0 Å². The van der Waals surface area contributed by atoms with Gasteiger partial charge in [0.05, 0.1) is 0 Å². The highest BCUT2D eigenvalue weighted by Gasteiger charge is 1.96. The molecule has 0 fully saturated rings. The Morgan fingerprint density at radius 3 is 3.00 bits per heavy atom. The smallest absolute Gasteiger partial charge is 0.448 e. The minimum absolute atomic E-state index is 0.738. The number of hydrogen-bond acceptors (Lipinski definition) is 4. The lowest BCUT2D eigenvalue weighted by Gasteiger charge is -1.91. The summed E-state index contributed by atoms with van der Waals surface area (Å²) in [7, 11) is 0. The molecule has 9 heavy (non-hydrogen) atoms. The largest absolute Gasteiger partial charge is 0.532 e. The Bertz CT molecular complexity index is 194. The first-order valence-corrected chi connectivity index (χ1v) is 2.05. The van der Waals surface area contributed by atoms with Crippen molar-refractivity contribution >= 4 is 6.16 Å². The van der Waals surface area contributed by atoms with Crippen molar-refractivity contribution < 1.29 is 14.7 Å². The summed E-state index contributed by atoms with van der Waals surface area (Å²) in [6.07, 6.45) is 0.886. The molecule has 0 bridgehead atoms. The fourth-order valence-corrected chi connectivity index (χ4v) is 0.325. The minimum atomic E-state index is -1.42. The molecule has 0 aliphatic rings. The zero-order valence-corrected chi connectivity index (χ0v) is 4.26. The molecule has 0 radical (unpaired) electrons. The molecule has 0 spiro atoms. The first-order chi connectivity index (χ1) is 4.29. The van der Waals surface area contributed by atoms with E-state index < -0.39 is 6.16 Å². The first kappa shape index (κ1) is 5.54. The van der Waals surface area contributed by atoms with Gasteiger partial charge in [0.1, 0.15) is 6.33 Å². The maximum absolute atomic E-state index is 9.76. The van der Waals surface area contributed by atoms with Crippen molar-refractivity contribution in [2.24, 2.45) is 0 Å². The van der Waals surface area contributed by atoms with Gasteiger partial charge in [-0.05, 0) is 0 Å². The van der Waals surface area contributed by atoms with E-state index in [4.69, 9.17) is 5.11 Å². The highest BCUT2D eigenvalue weighted by atomic mass is 16.8. The summed E-state index contributed by atoms with van der Waals surface area (Å²) in [5, 5.41) is 11.3. The third-order valence-corrected chi connectivity index (χ3v) is 0.569. The number of nitrogens with zero attached hydrogens (tertiary/aromatic N) is 3. The number of rotatable bonds is 1. The second kappa shape index (κ2) is 2.12. The van der Waals surface area contributed by atoms with Gasteiger partial charge in [-0.25, -0.2) is 9.78 Å². The summed E-state index contributed by atoms with van der Waals surface area (Å²) >= 11 is 0. The maximum Gasteiger partial charge on any atom is 0.532 e. The van der Waals surface area contributed by atoms with Crippen molar-refractivity contribution in [3.05, 3.63) is 12.7 Å². The molecule has 1 aromatic rings. The van der Waals surface area contributed by atoms with Crippen LogP contribution in [0.5, 0.6) is 0 Å². The molecule has 1 rings (SSSR count). The van der Waals surface area contributed by atoms with E-state index in [2.05, 4.69) is 14.9 Å². The predicted molar refractivity (Wildman–Crippen MR) is 24.6 cm³/mol. The summed E-state index contributed by atoms with van der Waals surface area (Å²) in [5.41, 5.74) is 0. The van der Waals surface area contributed by atoms with Crippen LogP contribution in [0.25, 0.3) is 0 Å². The van der Waals surface area contributed by atoms with Crippen molar-refractivity contribution in [1.82, 2.24) is 14.9 Å². The van der Waals surface area contributed by atoms with Crippen LogP contribution in [0.15, 0.2) is 12.7 Å². The average Bonchev–Trinajstić information content (AvgIpc) is 2.15. The average molecular weight is 129 g/mol. The fraction of sp³-hybridized carbons (Fsp3) is 0. The topological polar surface area (TPSA) is 77.2 Å². The summed E-state index contributed by atoms with van der Waals surface area (Å²) < 4.78 is 0. The van der Waals surface area contributed by atoms with Gasteiger partial charge in [0.25, 0.3) is 0 Å². The first-order valence-electron chi connectivity index (χ1n) is 2.05. The Hall–Kier alpha value is -1.59. The van der Waals surface area contributed by atoms with Crippen LogP contribution < -0.4 is 4.84 Å². The Kier molecular flexibility index (Phi) is 1.31. The van der Waals surface area contributed by atoms with E-state index in [1.807, 2.05) is 0 Å². The number of carboxylic acid groups (broad SMARTS) is 1. The van der Waals surface area contributed by atoms with Crippen LogP contribution in [0.2, 0.25) is 0 Å². The molecule has 0 aliphatic carbocycles. The van der Waals surface area contributed by atoms with Crippen molar-refractivity contribution in [3.8, 4) is 0 Å². The Labute approximate surface area is 49.6 Å². The monoisotopic (exact) mass is 129 g/mol. The van der Waals surface area contributed by atoms with E-state index in [9.17, 15) is 4.79 Å².